The van der Waals surface area contributed by atoms with Gasteiger partial charge in [0.2, 0.25) is 0 Å². The Kier molecular flexibility index (Phi) is 6.31. The molecule has 1 heterocycles. The van der Waals surface area contributed by atoms with Crippen LogP contribution in [0.1, 0.15) is 16.7 Å². The predicted octanol–water partition coefficient (Wildman–Crippen LogP) is 2.55. The fourth-order valence-corrected chi connectivity index (χ4v) is 3.30. The number of hydrogen-bond donors (Lipinski definition) is 0. The van der Waals surface area contributed by atoms with Crippen molar-refractivity contribution in [1.82, 2.24) is 4.90 Å². The summed E-state index contributed by atoms with van der Waals surface area (Å²) in [4.78, 5) is 38.3. The van der Waals surface area contributed by atoms with Crippen LogP contribution >= 0.6 is 11.6 Å². The molecule has 0 unspecified atom stereocenters. The smallest absolute Gasteiger partial charge is 0.328 e. The summed E-state index contributed by atoms with van der Waals surface area (Å²) in [5, 5.41) is 0.575. The van der Waals surface area contributed by atoms with Crippen LogP contribution in [-0.2, 0) is 43.2 Å². The first-order valence-corrected chi connectivity index (χ1v) is 9.20. The van der Waals surface area contributed by atoms with Gasteiger partial charge in [0.05, 0.1) is 13.5 Å². The minimum Gasteiger partial charge on any atom is -0.467 e. The number of esters is 2. The largest absolute Gasteiger partial charge is 0.467 e. The maximum atomic E-state index is 12.7. The number of nitrogens with zero attached hydrogens (tertiary/aromatic N) is 1. The second kappa shape index (κ2) is 8.89. The predicted molar refractivity (Wildman–Crippen MR) is 103 cm³/mol. The van der Waals surface area contributed by atoms with E-state index in [-0.39, 0.29) is 13.0 Å². The van der Waals surface area contributed by atoms with Crippen LogP contribution in [0.4, 0.5) is 0 Å². The lowest BCUT2D eigenvalue weighted by atomic mass is 9.94. The molecule has 1 atom stereocenters. The Labute approximate surface area is 168 Å². The van der Waals surface area contributed by atoms with Gasteiger partial charge < -0.3 is 14.4 Å². The SMILES string of the molecule is COC(=O)[C@@H]1Cc2ccccc2CN1C(=O)COC(=O)Cc1ccc(Cl)cc1. The van der Waals surface area contributed by atoms with E-state index >= 15 is 0 Å². The number of carbonyl (C=O) groups is 3. The summed E-state index contributed by atoms with van der Waals surface area (Å²) in [6, 6.07) is 13.7. The zero-order chi connectivity index (χ0) is 20.1. The van der Waals surface area contributed by atoms with Gasteiger partial charge in [-0.1, -0.05) is 48.0 Å². The molecule has 0 fully saturated rings. The van der Waals surface area contributed by atoms with Gasteiger partial charge in [0.1, 0.15) is 6.04 Å². The van der Waals surface area contributed by atoms with Gasteiger partial charge in [0.15, 0.2) is 6.61 Å². The quantitative estimate of drug-likeness (QED) is 0.720. The van der Waals surface area contributed by atoms with Crippen molar-refractivity contribution in [1.29, 1.82) is 0 Å². The number of benzene rings is 2. The molecule has 0 aromatic heterocycles. The van der Waals surface area contributed by atoms with Crippen molar-refractivity contribution >= 4 is 29.4 Å². The highest BCUT2D eigenvalue weighted by Gasteiger charge is 2.35. The van der Waals surface area contributed by atoms with E-state index in [0.29, 0.717) is 11.4 Å². The molecule has 1 aliphatic rings. The Morgan fingerprint density at radius 3 is 2.43 bits per heavy atom. The number of fused-ring (bicyclic) bond motifs is 1. The van der Waals surface area contributed by atoms with E-state index in [9.17, 15) is 14.4 Å². The molecule has 1 aliphatic heterocycles. The molecule has 146 valence electrons. The van der Waals surface area contributed by atoms with Gasteiger partial charge in [0.25, 0.3) is 5.91 Å². The van der Waals surface area contributed by atoms with Crippen LogP contribution in [0.25, 0.3) is 0 Å². The first-order chi connectivity index (χ1) is 13.5. The molecule has 0 aliphatic carbocycles. The van der Waals surface area contributed by atoms with Crippen LogP contribution in [0.5, 0.6) is 0 Å². The van der Waals surface area contributed by atoms with E-state index in [2.05, 4.69) is 0 Å². The Balaban J connectivity index is 1.63. The Morgan fingerprint density at radius 2 is 1.75 bits per heavy atom. The van der Waals surface area contributed by atoms with Crippen molar-refractivity contribution < 1.29 is 23.9 Å². The number of ether oxygens (including phenoxy) is 2. The average Bonchev–Trinajstić information content (AvgIpc) is 2.72. The van der Waals surface area contributed by atoms with Gasteiger partial charge >= 0.3 is 11.9 Å². The molecule has 28 heavy (non-hydrogen) atoms. The van der Waals surface area contributed by atoms with Crippen molar-refractivity contribution in [2.45, 2.75) is 25.4 Å². The molecule has 2 aromatic carbocycles. The average molecular weight is 402 g/mol. The van der Waals surface area contributed by atoms with E-state index in [1.807, 2.05) is 24.3 Å². The standard InChI is InChI=1S/C21H20ClNO5/c1-27-21(26)18-11-15-4-2-3-5-16(15)12-23(18)19(24)13-28-20(25)10-14-6-8-17(22)9-7-14/h2-9,18H,10-13H2,1H3/t18-/m0/s1. The molecular formula is C21H20ClNO5. The van der Waals surface area contributed by atoms with Crippen LogP contribution in [0.2, 0.25) is 5.02 Å². The molecule has 6 nitrogen and oxygen atoms in total. The molecule has 0 bridgehead atoms. The molecule has 0 saturated heterocycles. The van der Waals surface area contributed by atoms with Crippen LogP contribution in [0.15, 0.2) is 48.5 Å². The molecule has 0 N–H and O–H groups in total. The fraction of sp³-hybridized carbons (Fsp3) is 0.286. The molecule has 0 saturated carbocycles. The highest BCUT2D eigenvalue weighted by atomic mass is 35.5. The topological polar surface area (TPSA) is 72.9 Å². The van der Waals surface area contributed by atoms with Crippen LogP contribution < -0.4 is 0 Å². The summed E-state index contributed by atoms with van der Waals surface area (Å²) in [7, 11) is 1.29. The summed E-state index contributed by atoms with van der Waals surface area (Å²) >= 11 is 5.82. The second-order valence-electron chi connectivity index (χ2n) is 6.50. The monoisotopic (exact) mass is 401 g/mol. The maximum Gasteiger partial charge on any atom is 0.328 e. The maximum absolute atomic E-state index is 12.7. The van der Waals surface area contributed by atoms with Crippen molar-refractivity contribution in [3.05, 3.63) is 70.2 Å². The zero-order valence-electron chi connectivity index (χ0n) is 15.4. The summed E-state index contributed by atoms with van der Waals surface area (Å²) < 4.78 is 9.97. The van der Waals surface area contributed by atoms with E-state index in [1.54, 1.807) is 24.3 Å². The highest BCUT2D eigenvalue weighted by Crippen LogP contribution is 2.24. The number of hydrogen-bond acceptors (Lipinski definition) is 5. The van der Waals surface area contributed by atoms with Gasteiger partial charge in [-0.2, -0.15) is 0 Å². The minimum absolute atomic E-state index is 0.0354. The first kappa shape index (κ1) is 19.9. The Morgan fingerprint density at radius 1 is 1.07 bits per heavy atom. The van der Waals surface area contributed by atoms with Gasteiger partial charge in [0, 0.05) is 18.0 Å². The molecule has 0 radical (unpaired) electrons. The van der Waals surface area contributed by atoms with Crippen LogP contribution in [0, 0.1) is 0 Å². The van der Waals surface area contributed by atoms with Crippen molar-refractivity contribution in [2.75, 3.05) is 13.7 Å². The van der Waals surface area contributed by atoms with E-state index in [1.165, 1.54) is 12.0 Å². The number of carbonyl (C=O) groups excluding carboxylic acids is 3. The zero-order valence-corrected chi connectivity index (χ0v) is 16.1. The third-order valence-corrected chi connectivity index (χ3v) is 4.91. The van der Waals surface area contributed by atoms with E-state index < -0.39 is 30.5 Å². The number of methoxy groups -OCH3 is 1. The lowest BCUT2D eigenvalue weighted by Gasteiger charge is -2.35. The molecule has 3 rings (SSSR count). The van der Waals surface area contributed by atoms with Gasteiger partial charge in [-0.25, -0.2) is 4.79 Å². The molecule has 7 heteroatoms. The lowest BCUT2D eigenvalue weighted by molar-refractivity contribution is -0.159. The molecule has 0 spiro atoms. The minimum atomic E-state index is -0.734. The van der Waals surface area contributed by atoms with Gasteiger partial charge in [-0.15, -0.1) is 0 Å². The fourth-order valence-electron chi connectivity index (χ4n) is 3.18. The summed E-state index contributed by atoms with van der Waals surface area (Å²) in [5.74, 6) is -1.45. The van der Waals surface area contributed by atoms with Gasteiger partial charge in [-0.3, -0.25) is 9.59 Å². The van der Waals surface area contributed by atoms with Crippen molar-refractivity contribution in [2.24, 2.45) is 0 Å². The number of amides is 1. The summed E-state index contributed by atoms with van der Waals surface area (Å²) in [5.41, 5.74) is 2.70. The Hall–Kier alpha value is -2.86. The third-order valence-electron chi connectivity index (χ3n) is 4.66. The lowest BCUT2D eigenvalue weighted by Crippen LogP contribution is -2.50. The van der Waals surface area contributed by atoms with E-state index in [4.69, 9.17) is 21.1 Å². The third kappa shape index (κ3) is 4.70. The summed E-state index contributed by atoms with van der Waals surface area (Å²) in [6.45, 7) is -0.161. The molecule has 1 amide bonds. The summed E-state index contributed by atoms with van der Waals surface area (Å²) in [6.07, 6.45) is 0.404. The van der Waals surface area contributed by atoms with Crippen molar-refractivity contribution in [3.8, 4) is 0 Å². The number of halogens is 1. The Bertz CT molecular complexity index is 881. The van der Waals surface area contributed by atoms with Crippen LogP contribution in [-0.4, -0.2) is 42.5 Å². The second-order valence-corrected chi connectivity index (χ2v) is 6.93. The first-order valence-electron chi connectivity index (χ1n) is 8.82. The van der Waals surface area contributed by atoms with E-state index in [0.717, 1.165) is 16.7 Å². The van der Waals surface area contributed by atoms with Gasteiger partial charge in [-0.05, 0) is 28.8 Å². The van der Waals surface area contributed by atoms with Crippen LogP contribution in [0.3, 0.4) is 0 Å². The normalized spacial score (nSPS) is 15.5. The molecule has 2 aromatic rings. The highest BCUT2D eigenvalue weighted by molar-refractivity contribution is 6.30. The van der Waals surface area contributed by atoms with Crippen molar-refractivity contribution in [3.63, 3.8) is 0 Å². The number of rotatable bonds is 5. The molecular weight excluding hydrogens is 382 g/mol.